The van der Waals surface area contributed by atoms with Crippen LogP contribution in [-0.4, -0.2) is 11.3 Å². The summed E-state index contributed by atoms with van der Waals surface area (Å²) in [5.74, 6) is 5.42. The van der Waals surface area contributed by atoms with Crippen molar-refractivity contribution in [2.45, 2.75) is 6.42 Å². The largest absolute Gasteiger partial charge is 0.302 e. The van der Waals surface area contributed by atoms with E-state index >= 15 is 0 Å². The molecule has 11 heavy (non-hydrogen) atoms. The van der Waals surface area contributed by atoms with E-state index in [1.54, 1.807) is 12.3 Å². The van der Waals surface area contributed by atoms with Crippen LogP contribution < -0.4 is 0 Å². The number of aromatic nitrogens is 1. The highest BCUT2D eigenvalue weighted by Crippen LogP contribution is 1.88. The fraction of sp³-hybridized carbons (Fsp3) is 0.111. The average molecular weight is 145 g/mol. The van der Waals surface area contributed by atoms with Crippen molar-refractivity contribution in [3.8, 4) is 11.8 Å². The van der Waals surface area contributed by atoms with Crippen molar-refractivity contribution in [3.63, 3.8) is 0 Å². The van der Waals surface area contributed by atoms with Crippen molar-refractivity contribution in [2.75, 3.05) is 0 Å². The third-order valence-corrected chi connectivity index (χ3v) is 1.07. The van der Waals surface area contributed by atoms with E-state index in [1.807, 2.05) is 12.1 Å². The number of carbonyl (C=O) groups excluding carboxylic acids is 1. The molecule has 1 aromatic heterocycles. The minimum atomic E-state index is 0.274. The molecule has 1 aromatic rings. The molecule has 0 aliphatic rings. The highest BCUT2D eigenvalue weighted by atomic mass is 16.1. The molecule has 0 spiro atoms. The molecule has 0 aliphatic carbocycles. The number of pyridine rings is 1. The highest BCUT2D eigenvalue weighted by molar-refractivity contribution is 5.54. The Morgan fingerprint density at radius 1 is 1.55 bits per heavy atom. The molecule has 0 bridgehead atoms. The Labute approximate surface area is 65.3 Å². The lowest BCUT2D eigenvalue weighted by molar-refractivity contribution is -0.107. The second-order valence-electron chi connectivity index (χ2n) is 1.89. The number of carbonyl (C=O) groups is 1. The molecule has 1 heterocycles. The first-order valence-corrected chi connectivity index (χ1v) is 3.27. The van der Waals surface area contributed by atoms with Gasteiger partial charge in [-0.2, -0.15) is 0 Å². The summed E-state index contributed by atoms with van der Waals surface area (Å²) in [6.45, 7) is 0. The van der Waals surface area contributed by atoms with Gasteiger partial charge in [0, 0.05) is 6.20 Å². The van der Waals surface area contributed by atoms with Crippen molar-refractivity contribution >= 4 is 6.29 Å². The molecule has 54 valence electrons. The van der Waals surface area contributed by atoms with Crippen LogP contribution in [0.4, 0.5) is 0 Å². The molecule has 0 unspecified atom stereocenters. The Morgan fingerprint density at radius 2 is 2.45 bits per heavy atom. The Hall–Kier alpha value is -1.62. The van der Waals surface area contributed by atoms with Crippen LogP contribution >= 0.6 is 0 Å². The van der Waals surface area contributed by atoms with Gasteiger partial charge in [-0.15, -0.1) is 0 Å². The number of nitrogens with zero attached hydrogens (tertiary/aromatic N) is 1. The van der Waals surface area contributed by atoms with Crippen LogP contribution in [0.2, 0.25) is 0 Å². The number of hydrogen-bond donors (Lipinski definition) is 0. The molecule has 2 nitrogen and oxygen atoms in total. The lowest BCUT2D eigenvalue weighted by Crippen LogP contribution is -1.78. The lowest BCUT2D eigenvalue weighted by Gasteiger charge is -1.83. The molecular formula is C9H7NO. The third kappa shape index (κ3) is 2.63. The van der Waals surface area contributed by atoms with Crippen LogP contribution in [0.3, 0.4) is 0 Å². The van der Waals surface area contributed by atoms with Crippen LogP contribution in [0.15, 0.2) is 24.4 Å². The van der Waals surface area contributed by atoms with Crippen LogP contribution in [0.5, 0.6) is 0 Å². The van der Waals surface area contributed by atoms with Crippen molar-refractivity contribution in [1.82, 2.24) is 4.98 Å². The van der Waals surface area contributed by atoms with Gasteiger partial charge in [0.05, 0.1) is 6.42 Å². The summed E-state index contributed by atoms with van der Waals surface area (Å²) in [5.41, 5.74) is 0.703. The van der Waals surface area contributed by atoms with Crippen molar-refractivity contribution < 1.29 is 4.79 Å². The molecule has 0 aromatic carbocycles. The van der Waals surface area contributed by atoms with Crippen molar-refractivity contribution in [1.29, 1.82) is 0 Å². The zero-order chi connectivity index (χ0) is 7.94. The molecule has 0 N–H and O–H groups in total. The Kier molecular flexibility index (Phi) is 2.88. The fourth-order valence-corrected chi connectivity index (χ4v) is 0.620. The molecule has 0 saturated heterocycles. The molecule has 1 rings (SSSR count). The SMILES string of the molecule is O=CCC#Cc1ccccn1. The second kappa shape index (κ2) is 4.24. The van der Waals surface area contributed by atoms with Gasteiger partial charge in [-0.05, 0) is 18.1 Å². The smallest absolute Gasteiger partial charge is 0.131 e. The van der Waals surface area contributed by atoms with Crippen molar-refractivity contribution in [2.24, 2.45) is 0 Å². The average Bonchev–Trinajstić information content (AvgIpc) is 2.07. The number of rotatable bonds is 1. The Morgan fingerprint density at radius 3 is 3.09 bits per heavy atom. The third-order valence-electron chi connectivity index (χ3n) is 1.07. The van der Waals surface area contributed by atoms with Gasteiger partial charge in [-0.3, -0.25) is 0 Å². The quantitative estimate of drug-likeness (QED) is 0.436. The van der Waals surface area contributed by atoms with Crippen LogP contribution in [0, 0.1) is 11.8 Å². The normalized spacial score (nSPS) is 8.00. The fourth-order valence-electron chi connectivity index (χ4n) is 0.620. The van der Waals surface area contributed by atoms with Crippen LogP contribution in [-0.2, 0) is 4.79 Å². The predicted octanol–water partition coefficient (Wildman–Crippen LogP) is 1.02. The standard InChI is InChI=1S/C9H7NO/c11-8-4-2-6-9-5-1-3-7-10-9/h1,3,5,7-8H,4H2. The first kappa shape index (κ1) is 7.49. The summed E-state index contributed by atoms with van der Waals surface area (Å²) in [6, 6.07) is 5.49. The molecular weight excluding hydrogens is 138 g/mol. The zero-order valence-corrected chi connectivity index (χ0v) is 5.95. The number of aldehydes is 1. The van der Waals surface area contributed by atoms with E-state index in [1.165, 1.54) is 0 Å². The summed E-state index contributed by atoms with van der Waals surface area (Å²) in [6.07, 6.45) is 2.72. The van der Waals surface area contributed by atoms with Gasteiger partial charge in [0.25, 0.3) is 0 Å². The van der Waals surface area contributed by atoms with E-state index in [4.69, 9.17) is 0 Å². The predicted molar refractivity (Wildman–Crippen MR) is 41.8 cm³/mol. The second-order valence-corrected chi connectivity index (χ2v) is 1.89. The first-order valence-electron chi connectivity index (χ1n) is 3.27. The minimum absolute atomic E-state index is 0.274. The maximum atomic E-state index is 9.87. The van der Waals surface area contributed by atoms with E-state index in [0.29, 0.717) is 5.69 Å². The van der Waals surface area contributed by atoms with Gasteiger partial charge in [0.2, 0.25) is 0 Å². The van der Waals surface area contributed by atoms with Crippen molar-refractivity contribution in [3.05, 3.63) is 30.1 Å². The van der Waals surface area contributed by atoms with Gasteiger partial charge >= 0.3 is 0 Å². The van der Waals surface area contributed by atoms with Gasteiger partial charge in [-0.25, -0.2) is 4.98 Å². The molecule has 0 fully saturated rings. The van der Waals surface area contributed by atoms with E-state index in [0.717, 1.165) is 6.29 Å². The van der Waals surface area contributed by atoms with E-state index in [-0.39, 0.29) is 6.42 Å². The first-order chi connectivity index (χ1) is 5.43. The van der Waals surface area contributed by atoms with Gasteiger partial charge in [-0.1, -0.05) is 12.0 Å². The van der Waals surface area contributed by atoms with Crippen LogP contribution in [0.1, 0.15) is 12.1 Å². The maximum absolute atomic E-state index is 9.87. The minimum Gasteiger partial charge on any atom is -0.302 e. The molecule has 0 radical (unpaired) electrons. The van der Waals surface area contributed by atoms with Gasteiger partial charge in [0.1, 0.15) is 12.0 Å². The van der Waals surface area contributed by atoms with Gasteiger partial charge in [0.15, 0.2) is 0 Å². The lowest BCUT2D eigenvalue weighted by atomic mass is 10.3. The summed E-state index contributed by atoms with van der Waals surface area (Å²) in [4.78, 5) is 13.8. The van der Waals surface area contributed by atoms with Crippen LogP contribution in [0.25, 0.3) is 0 Å². The summed E-state index contributed by atoms with van der Waals surface area (Å²) in [5, 5.41) is 0. The molecule has 0 amide bonds. The number of hydrogen-bond acceptors (Lipinski definition) is 2. The topological polar surface area (TPSA) is 30.0 Å². The van der Waals surface area contributed by atoms with E-state index in [9.17, 15) is 4.79 Å². The maximum Gasteiger partial charge on any atom is 0.131 e. The summed E-state index contributed by atoms with van der Waals surface area (Å²) in [7, 11) is 0. The molecule has 0 saturated carbocycles. The highest BCUT2D eigenvalue weighted by Gasteiger charge is 1.80. The van der Waals surface area contributed by atoms with E-state index in [2.05, 4.69) is 16.8 Å². The molecule has 0 atom stereocenters. The zero-order valence-electron chi connectivity index (χ0n) is 5.95. The molecule has 0 aliphatic heterocycles. The Balaban J connectivity index is 2.66. The summed E-state index contributed by atoms with van der Waals surface area (Å²) >= 11 is 0. The monoisotopic (exact) mass is 145 g/mol. The van der Waals surface area contributed by atoms with Gasteiger partial charge < -0.3 is 4.79 Å². The van der Waals surface area contributed by atoms with E-state index < -0.39 is 0 Å². The Bertz CT molecular complexity index is 281. The molecule has 2 heteroatoms. The summed E-state index contributed by atoms with van der Waals surface area (Å²) < 4.78 is 0.